The molecule has 0 amide bonds. The fourth-order valence-corrected chi connectivity index (χ4v) is 1.43. The molecule has 1 aromatic heterocycles. The Labute approximate surface area is 100 Å². The number of ether oxygens (including phenoxy) is 1. The molecule has 0 bridgehead atoms. The Kier molecular flexibility index (Phi) is 2.88. The van der Waals surface area contributed by atoms with Crippen LogP contribution in [-0.2, 0) is 0 Å². The fourth-order valence-electron chi connectivity index (χ4n) is 1.43. The summed E-state index contributed by atoms with van der Waals surface area (Å²) in [5.41, 5.74) is -0.350. The number of carbonyl (C=O) groups is 1. The minimum atomic E-state index is -1.33. The minimum absolute atomic E-state index is 0.106. The van der Waals surface area contributed by atoms with Gasteiger partial charge >= 0.3 is 5.97 Å². The molecule has 0 atom stereocenters. The number of nitrogens with zero attached hydrogens (tertiary/aromatic N) is 1. The van der Waals surface area contributed by atoms with Gasteiger partial charge in [0.1, 0.15) is 23.0 Å². The maximum atomic E-state index is 13.7. The Morgan fingerprint density at radius 1 is 1.44 bits per heavy atom. The quantitative estimate of drug-likeness (QED) is 0.867. The van der Waals surface area contributed by atoms with Gasteiger partial charge in [-0.25, -0.2) is 9.18 Å². The SMILES string of the molecule is COc1cc(O)c(-c2cc(C(=O)O)on2)c(F)c1. The molecule has 1 heterocycles. The predicted molar refractivity (Wildman–Crippen MR) is 57.1 cm³/mol. The highest BCUT2D eigenvalue weighted by Crippen LogP contribution is 2.34. The highest BCUT2D eigenvalue weighted by Gasteiger charge is 2.19. The number of phenols is 1. The van der Waals surface area contributed by atoms with Crippen LogP contribution in [0.3, 0.4) is 0 Å². The molecule has 0 radical (unpaired) electrons. The number of aromatic carboxylic acids is 1. The highest BCUT2D eigenvalue weighted by molar-refractivity contribution is 5.86. The summed E-state index contributed by atoms with van der Waals surface area (Å²) in [6.45, 7) is 0. The topological polar surface area (TPSA) is 92.8 Å². The van der Waals surface area contributed by atoms with Crippen molar-refractivity contribution in [3.05, 3.63) is 29.8 Å². The maximum Gasteiger partial charge on any atom is 0.374 e. The van der Waals surface area contributed by atoms with Gasteiger partial charge in [-0.3, -0.25) is 0 Å². The molecule has 2 aromatic rings. The van der Waals surface area contributed by atoms with Crippen LogP contribution >= 0.6 is 0 Å². The van der Waals surface area contributed by atoms with Crippen molar-refractivity contribution in [1.82, 2.24) is 5.16 Å². The summed E-state index contributed by atoms with van der Waals surface area (Å²) in [7, 11) is 1.33. The Hall–Kier alpha value is -2.57. The third-order valence-corrected chi connectivity index (χ3v) is 2.26. The van der Waals surface area contributed by atoms with E-state index in [4.69, 9.17) is 9.84 Å². The summed E-state index contributed by atoms with van der Waals surface area (Å²) in [5, 5.41) is 21.7. The normalized spacial score (nSPS) is 10.3. The van der Waals surface area contributed by atoms with Crippen LogP contribution in [0.1, 0.15) is 10.6 Å². The number of hydrogen-bond donors (Lipinski definition) is 2. The van der Waals surface area contributed by atoms with Crippen LogP contribution in [0.5, 0.6) is 11.5 Å². The standard InChI is InChI=1S/C11H8FNO5/c1-17-5-2-6(12)10(8(14)3-5)7-4-9(11(15)16)18-13-7/h2-4,14H,1H3,(H,15,16). The first-order valence-corrected chi connectivity index (χ1v) is 4.80. The predicted octanol–water partition coefficient (Wildman–Crippen LogP) is 1.89. The number of hydrogen-bond acceptors (Lipinski definition) is 5. The molecular formula is C11H8FNO5. The molecular weight excluding hydrogens is 245 g/mol. The lowest BCUT2D eigenvalue weighted by Gasteiger charge is -2.05. The third kappa shape index (κ3) is 1.97. The summed E-state index contributed by atoms with van der Waals surface area (Å²) in [4.78, 5) is 10.6. The van der Waals surface area contributed by atoms with Crippen LogP contribution in [0, 0.1) is 5.82 Å². The molecule has 18 heavy (non-hydrogen) atoms. The van der Waals surface area contributed by atoms with Crippen molar-refractivity contribution in [2.75, 3.05) is 7.11 Å². The van der Waals surface area contributed by atoms with E-state index in [9.17, 15) is 14.3 Å². The molecule has 0 saturated carbocycles. The Bertz CT molecular complexity index is 584. The van der Waals surface area contributed by atoms with E-state index in [0.717, 1.165) is 12.1 Å². The zero-order valence-electron chi connectivity index (χ0n) is 9.18. The molecule has 1 aromatic carbocycles. The van der Waals surface area contributed by atoms with Crippen molar-refractivity contribution < 1.29 is 28.7 Å². The van der Waals surface area contributed by atoms with E-state index in [1.807, 2.05) is 0 Å². The van der Waals surface area contributed by atoms with Crippen molar-refractivity contribution in [3.63, 3.8) is 0 Å². The molecule has 0 aliphatic heterocycles. The number of carboxylic acid groups (broad SMARTS) is 1. The first-order chi connectivity index (χ1) is 8.52. The van der Waals surface area contributed by atoms with Gasteiger partial charge in [0.25, 0.3) is 0 Å². The number of rotatable bonds is 3. The molecule has 0 unspecified atom stereocenters. The van der Waals surface area contributed by atoms with Crippen LogP contribution in [-0.4, -0.2) is 28.4 Å². The largest absolute Gasteiger partial charge is 0.507 e. The van der Waals surface area contributed by atoms with Gasteiger partial charge in [-0.05, 0) is 0 Å². The van der Waals surface area contributed by atoms with Crippen LogP contribution < -0.4 is 4.74 Å². The summed E-state index contributed by atoms with van der Waals surface area (Å²) < 4.78 is 23.0. The van der Waals surface area contributed by atoms with E-state index in [1.165, 1.54) is 13.2 Å². The average molecular weight is 253 g/mol. The van der Waals surface area contributed by atoms with Gasteiger partial charge in [0.05, 0.1) is 12.7 Å². The van der Waals surface area contributed by atoms with Crippen molar-refractivity contribution in [1.29, 1.82) is 0 Å². The van der Waals surface area contributed by atoms with Crippen molar-refractivity contribution in [3.8, 4) is 22.8 Å². The van der Waals surface area contributed by atoms with E-state index < -0.39 is 23.3 Å². The number of aromatic nitrogens is 1. The number of carboxylic acids is 1. The summed E-state index contributed by atoms with van der Waals surface area (Å²) >= 11 is 0. The van der Waals surface area contributed by atoms with Crippen molar-refractivity contribution in [2.24, 2.45) is 0 Å². The molecule has 0 aliphatic rings. The van der Waals surface area contributed by atoms with E-state index in [1.54, 1.807) is 0 Å². The zero-order chi connectivity index (χ0) is 13.3. The summed E-state index contributed by atoms with van der Waals surface area (Å²) in [5.74, 6) is -2.85. The van der Waals surface area contributed by atoms with Gasteiger partial charge in [-0.1, -0.05) is 5.16 Å². The van der Waals surface area contributed by atoms with Gasteiger partial charge in [0.2, 0.25) is 5.76 Å². The second-order valence-corrected chi connectivity index (χ2v) is 3.38. The number of aromatic hydroxyl groups is 1. The number of halogens is 1. The molecule has 2 rings (SSSR count). The molecule has 0 saturated heterocycles. The molecule has 0 fully saturated rings. The van der Waals surface area contributed by atoms with Gasteiger partial charge < -0.3 is 19.5 Å². The van der Waals surface area contributed by atoms with E-state index in [0.29, 0.717) is 0 Å². The average Bonchev–Trinajstić information content (AvgIpc) is 2.77. The van der Waals surface area contributed by atoms with Crippen LogP contribution in [0.15, 0.2) is 22.7 Å². The second-order valence-electron chi connectivity index (χ2n) is 3.38. The Morgan fingerprint density at radius 3 is 2.67 bits per heavy atom. The zero-order valence-corrected chi connectivity index (χ0v) is 9.18. The molecule has 0 aliphatic carbocycles. The number of benzene rings is 1. The summed E-state index contributed by atoms with van der Waals surface area (Å²) in [6.07, 6.45) is 0. The van der Waals surface area contributed by atoms with Gasteiger partial charge in [0.15, 0.2) is 0 Å². The van der Waals surface area contributed by atoms with Gasteiger partial charge in [-0.2, -0.15) is 0 Å². The lowest BCUT2D eigenvalue weighted by atomic mass is 10.1. The van der Waals surface area contributed by atoms with Gasteiger partial charge in [-0.15, -0.1) is 0 Å². The monoisotopic (exact) mass is 253 g/mol. The molecule has 0 spiro atoms. The first-order valence-electron chi connectivity index (χ1n) is 4.80. The lowest BCUT2D eigenvalue weighted by Crippen LogP contribution is -1.92. The highest BCUT2D eigenvalue weighted by atomic mass is 19.1. The minimum Gasteiger partial charge on any atom is -0.507 e. The Balaban J connectivity index is 2.53. The van der Waals surface area contributed by atoms with Crippen LogP contribution in [0.2, 0.25) is 0 Å². The number of methoxy groups -OCH3 is 1. The third-order valence-electron chi connectivity index (χ3n) is 2.26. The molecule has 2 N–H and O–H groups in total. The van der Waals surface area contributed by atoms with E-state index in [2.05, 4.69) is 9.68 Å². The van der Waals surface area contributed by atoms with Crippen molar-refractivity contribution in [2.45, 2.75) is 0 Å². The first kappa shape index (κ1) is 11.9. The van der Waals surface area contributed by atoms with E-state index >= 15 is 0 Å². The van der Waals surface area contributed by atoms with E-state index in [-0.39, 0.29) is 17.0 Å². The number of phenolic OH excluding ortho intramolecular Hbond substituents is 1. The lowest BCUT2D eigenvalue weighted by molar-refractivity contribution is 0.0652. The van der Waals surface area contributed by atoms with Gasteiger partial charge in [0, 0.05) is 18.2 Å². The fraction of sp³-hybridized carbons (Fsp3) is 0.0909. The van der Waals surface area contributed by atoms with Crippen LogP contribution in [0.25, 0.3) is 11.3 Å². The molecule has 7 heteroatoms. The maximum absolute atomic E-state index is 13.7. The smallest absolute Gasteiger partial charge is 0.374 e. The second kappa shape index (κ2) is 4.36. The Morgan fingerprint density at radius 2 is 2.17 bits per heavy atom. The molecule has 94 valence electrons. The molecule has 6 nitrogen and oxygen atoms in total. The van der Waals surface area contributed by atoms with Crippen LogP contribution in [0.4, 0.5) is 4.39 Å². The summed E-state index contributed by atoms with van der Waals surface area (Å²) in [6, 6.07) is 3.25. The van der Waals surface area contributed by atoms with Crippen molar-refractivity contribution >= 4 is 5.97 Å².